The summed E-state index contributed by atoms with van der Waals surface area (Å²) in [6.07, 6.45) is -2.22. The number of carbonyl (C=O) groups excluding carboxylic acids is 1. The quantitative estimate of drug-likeness (QED) is 0.473. The second-order valence-corrected chi connectivity index (χ2v) is 8.02. The van der Waals surface area contributed by atoms with Gasteiger partial charge in [-0.3, -0.25) is 14.5 Å². The molecule has 0 fully saturated rings. The van der Waals surface area contributed by atoms with Crippen LogP contribution in [0.3, 0.4) is 0 Å². The van der Waals surface area contributed by atoms with Crippen molar-refractivity contribution in [2.45, 2.75) is 32.6 Å². The molecule has 1 atom stereocenters. The van der Waals surface area contributed by atoms with Crippen LogP contribution in [0.4, 0.5) is 19.0 Å². The van der Waals surface area contributed by atoms with E-state index in [-0.39, 0.29) is 12.5 Å². The first-order chi connectivity index (χ1) is 16.0. The molecule has 0 aliphatic rings. The Bertz CT molecular complexity index is 1350. The third-order valence-electron chi connectivity index (χ3n) is 5.50. The number of nitrogens with zero attached hydrogens (tertiary/aromatic N) is 6. The monoisotopic (exact) mass is 469 g/mol. The Morgan fingerprint density at radius 2 is 1.94 bits per heavy atom. The maximum Gasteiger partial charge on any atom is 0.417 e. The summed E-state index contributed by atoms with van der Waals surface area (Å²) in [4.78, 5) is 27.6. The van der Waals surface area contributed by atoms with E-state index in [9.17, 15) is 18.0 Å². The Labute approximate surface area is 193 Å². The molecule has 0 aliphatic heterocycles. The lowest BCUT2D eigenvalue weighted by Gasteiger charge is -2.27. The number of aryl methyl sites for hydroxylation is 2. The van der Waals surface area contributed by atoms with Gasteiger partial charge in [0.2, 0.25) is 0 Å². The normalized spacial score (nSPS) is 12.6. The number of pyridine rings is 2. The first-order valence-corrected chi connectivity index (χ1v) is 10.4. The molecule has 3 heterocycles. The average molecular weight is 469 g/mol. The van der Waals surface area contributed by atoms with Gasteiger partial charge in [-0.15, -0.1) is 0 Å². The van der Waals surface area contributed by atoms with Gasteiger partial charge in [0, 0.05) is 24.2 Å². The summed E-state index contributed by atoms with van der Waals surface area (Å²) < 4.78 is 40.3. The average Bonchev–Trinajstić information content (AvgIpc) is 3.23. The summed E-state index contributed by atoms with van der Waals surface area (Å²) in [5.41, 5.74) is 7.14. The van der Waals surface area contributed by atoms with Crippen molar-refractivity contribution in [3.8, 4) is 0 Å². The van der Waals surface area contributed by atoms with E-state index in [4.69, 9.17) is 5.73 Å². The number of hydrogen-bond acceptors (Lipinski definition) is 6. The molecule has 0 spiro atoms. The van der Waals surface area contributed by atoms with Gasteiger partial charge in [0.1, 0.15) is 12.1 Å². The van der Waals surface area contributed by atoms with Crippen molar-refractivity contribution in [3.63, 3.8) is 0 Å². The Balaban J connectivity index is 1.70. The number of benzene rings is 1. The van der Waals surface area contributed by atoms with E-state index in [1.807, 2.05) is 13.0 Å². The zero-order chi connectivity index (χ0) is 24.6. The van der Waals surface area contributed by atoms with Crippen LogP contribution in [0.1, 0.15) is 46.0 Å². The van der Waals surface area contributed by atoms with E-state index in [0.717, 1.165) is 23.2 Å². The second kappa shape index (κ2) is 8.73. The van der Waals surface area contributed by atoms with Crippen LogP contribution in [0.25, 0.3) is 10.9 Å². The maximum atomic E-state index is 13.6. The highest BCUT2D eigenvalue weighted by atomic mass is 19.4. The molecular formula is C23H22F3N7O. The van der Waals surface area contributed by atoms with Crippen LogP contribution >= 0.6 is 0 Å². The molecule has 0 aliphatic carbocycles. The first kappa shape index (κ1) is 23.1. The fourth-order valence-corrected chi connectivity index (χ4v) is 3.53. The Kier molecular flexibility index (Phi) is 5.94. The lowest BCUT2D eigenvalue weighted by Crippen LogP contribution is -2.34. The van der Waals surface area contributed by atoms with E-state index in [1.165, 1.54) is 22.0 Å². The van der Waals surface area contributed by atoms with Crippen molar-refractivity contribution < 1.29 is 18.0 Å². The molecule has 3 aromatic heterocycles. The number of nitrogen functional groups attached to an aromatic ring is 1. The van der Waals surface area contributed by atoms with Crippen LogP contribution in [0.2, 0.25) is 0 Å². The number of fused-ring (bicyclic) bond motifs is 1. The Morgan fingerprint density at radius 1 is 1.18 bits per heavy atom. The van der Waals surface area contributed by atoms with Crippen molar-refractivity contribution in [1.82, 2.24) is 29.6 Å². The van der Waals surface area contributed by atoms with Crippen molar-refractivity contribution in [3.05, 3.63) is 77.1 Å². The topological polar surface area (TPSA) is 103 Å². The highest BCUT2D eigenvalue weighted by Gasteiger charge is 2.31. The fourth-order valence-electron chi connectivity index (χ4n) is 3.53. The molecule has 0 saturated carbocycles. The Morgan fingerprint density at radius 3 is 2.56 bits per heavy atom. The van der Waals surface area contributed by atoms with Crippen LogP contribution in [-0.2, 0) is 19.8 Å². The molecule has 4 rings (SSSR count). The molecule has 2 N–H and O–H groups in total. The van der Waals surface area contributed by atoms with Gasteiger partial charge in [-0.1, -0.05) is 0 Å². The third kappa shape index (κ3) is 4.68. The predicted octanol–water partition coefficient (Wildman–Crippen LogP) is 4.07. The molecule has 34 heavy (non-hydrogen) atoms. The zero-order valence-corrected chi connectivity index (χ0v) is 18.7. The summed E-state index contributed by atoms with van der Waals surface area (Å²) >= 11 is 0. The molecule has 11 heteroatoms. The minimum Gasteiger partial charge on any atom is -0.383 e. The number of halogens is 3. The fraction of sp³-hybridized carbons (Fsp3) is 0.261. The molecule has 176 valence electrons. The van der Waals surface area contributed by atoms with Gasteiger partial charge in [-0.2, -0.15) is 18.3 Å². The van der Waals surface area contributed by atoms with E-state index < -0.39 is 17.8 Å². The van der Waals surface area contributed by atoms with Crippen LogP contribution in [0, 0.1) is 6.92 Å². The number of alkyl halides is 3. The molecule has 1 aromatic carbocycles. The van der Waals surface area contributed by atoms with E-state index in [2.05, 4.69) is 20.1 Å². The number of rotatable bonds is 5. The minimum absolute atomic E-state index is 0.0343. The van der Waals surface area contributed by atoms with Gasteiger partial charge in [0.05, 0.1) is 29.4 Å². The van der Waals surface area contributed by atoms with Crippen molar-refractivity contribution >= 4 is 22.6 Å². The van der Waals surface area contributed by atoms with Gasteiger partial charge in [0.15, 0.2) is 5.82 Å². The zero-order valence-electron chi connectivity index (χ0n) is 18.7. The maximum absolute atomic E-state index is 13.6. The number of carbonyl (C=O) groups is 1. The van der Waals surface area contributed by atoms with Gasteiger partial charge >= 0.3 is 6.18 Å². The van der Waals surface area contributed by atoms with Crippen molar-refractivity contribution in [2.24, 2.45) is 7.05 Å². The van der Waals surface area contributed by atoms with Crippen LogP contribution in [0.15, 0.2) is 48.9 Å². The number of anilines is 1. The van der Waals surface area contributed by atoms with Crippen LogP contribution < -0.4 is 5.73 Å². The number of amides is 1. The molecule has 1 amide bonds. The Hall–Kier alpha value is -4.02. The number of nitrogens with two attached hydrogens (primary N) is 1. The molecular weight excluding hydrogens is 447 g/mol. The molecule has 0 saturated heterocycles. The van der Waals surface area contributed by atoms with E-state index in [0.29, 0.717) is 28.4 Å². The molecule has 4 aromatic rings. The first-order valence-electron chi connectivity index (χ1n) is 10.4. The van der Waals surface area contributed by atoms with E-state index in [1.54, 1.807) is 32.2 Å². The number of hydrogen-bond donors (Lipinski definition) is 1. The largest absolute Gasteiger partial charge is 0.417 e. The highest BCUT2D eigenvalue weighted by Crippen LogP contribution is 2.29. The molecule has 8 nitrogen and oxygen atoms in total. The van der Waals surface area contributed by atoms with E-state index >= 15 is 0 Å². The third-order valence-corrected chi connectivity index (χ3v) is 5.50. The summed E-state index contributed by atoms with van der Waals surface area (Å²) in [6.45, 7) is 3.55. The minimum atomic E-state index is -4.49. The van der Waals surface area contributed by atoms with Crippen LogP contribution in [-0.4, -0.2) is 35.5 Å². The summed E-state index contributed by atoms with van der Waals surface area (Å²) in [5, 5.41) is 5.03. The number of aromatic nitrogens is 5. The predicted molar refractivity (Wildman–Crippen MR) is 119 cm³/mol. The van der Waals surface area contributed by atoms with Gasteiger partial charge in [0.25, 0.3) is 5.91 Å². The summed E-state index contributed by atoms with van der Waals surface area (Å²) in [6, 6.07) is 8.54. The lowest BCUT2D eigenvalue weighted by molar-refractivity contribution is -0.137. The SMILES string of the molecule is Cc1cc2cc(C(=O)N(Cc3ccc(C(F)(F)F)cn3)[C@H](C)c3ncn(C)n3)ccc2nc1N. The van der Waals surface area contributed by atoms with Crippen molar-refractivity contribution in [2.75, 3.05) is 5.73 Å². The van der Waals surface area contributed by atoms with Gasteiger partial charge < -0.3 is 10.6 Å². The van der Waals surface area contributed by atoms with Crippen molar-refractivity contribution in [1.29, 1.82) is 0 Å². The lowest BCUT2D eigenvalue weighted by atomic mass is 10.1. The van der Waals surface area contributed by atoms with Gasteiger partial charge in [-0.05, 0) is 55.8 Å². The molecule has 0 radical (unpaired) electrons. The molecule has 0 bridgehead atoms. The smallest absolute Gasteiger partial charge is 0.383 e. The van der Waals surface area contributed by atoms with Gasteiger partial charge in [-0.25, -0.2) is 9.97 Å². The summed E-state index contributed by atoms with van der Waals surface area (Å²) in [5.74, 6) is 0.461. The summed E-state index contributed by atoms with van der Waals surface area (Å²) in [7, 11) is 1.71. The molecule has 0 unspecified atom stereocenters. The standard InChI is InChI=1S/C23H22F3N7O/c1-13-8-16-9-15(4-7-19(16)30-20(13)27)22(34)33(14(2)21-29-12-32(3)31-21)11-18-6-5-17(10-28-18)23(24,25)26/h4-10,12,14H,11H2,1-3H3,(H2,27,30)/t14-/m1/s1. The highest BCUT2D eigenvalue weighted by molar-refractivity contribution is 5.98. The van der Waals surface area contributed by atoms with Crippen LogP contribution in [0.5, 0.6) is 0 Å². The second-order valence-electron chi connectivity index (χ2n) is 8.02.